The molecule has 1 aliphatic carbocycles. The third kappa shape index (κ3) is 2.73. The van der Waals surface area contributed by atoms with E-state index in [-0.39, 0.29) is 17.1 Å². The van der Waals surface area contributed by atoms with Gasteiger partial charge in [-0.3, -0.25) is 4.79 Å². The Morgan fingerprint density at radius 2 is 1.82 bits per heavy atom. The molecule has 2 fully saturated rings. The van der Waals surface area contributed by atoms with Crippen molar-refractivity contribution >= 4 is 5.78 Å². The van der Waals surface area contributed by atoms with Crippen LogP contribution in [-0.4, -0.2) is 17.0 Å². The van der Waals surface area contributed by atoms with Crippen molar-refractivity contribution in [1.82, 2.24) is 0 Å². The van der Waals surface area contributed by atoms with Crippen molar-refractivity contribution in [2.75, 3.05) is 0 Å². The van der Waals surface area contributed by atoms with Crippen LogP contribution in [0.5, 0.6) is 0 Å². The molecule has 0 aromatic carbocycles. The second-order valence-electron chi connectivity index (χ2n) is 6.95. The summed E-state index contributed by atoms with van der Waals surface area (Å²) in [7, 11) is 0. The first-order valence-corrected chi connectivity index (χ1v) is 7.05. The first-order chi connectivity index (χ1) is 7.82. The van der Waals surface area contributed by atoms with E-state index in [0.29, 0.717) is 11.7 Å². The van der Waals surface area contributed by atoms with Gasteiger partial charge in [0.15, 0.2) is 0 Å². The van der Waals surface area contributed by atoms with Crippen molar-refractivity contribution in [3.63, 3.8) is 0 Å². The van der Waals surface area contributed by atoms with Crippen LogP contribution >= 0.6 is 0 Å². The lowest BCUT2D eigenvalue weighted by atomic mass is 9.74. The van der Waals surface area contributed by atoms with Crippen LogP contribution in [0.1, 0.15) is 66.2 Å². The summed E-state index contributed by atoms with van der Waals surface area (Å²) in [6, 6.07) is 0. The molecule has 0 aromatic heterocycles. The molecule has 98 valence electrons. The average Bonchev–Trinajstić information content (AvgIpc) is 2.36. The summed E-state index contributed by atoms with van der Waals surface area (Å²) in [5.74, 6) is 1.14. The number of ketones is 1. The molecule has 2 rings (SSSR count). The van der Waals surface area contributed by atoms with Gasteiger partial charge in [0.25, 0.3) is 0 Å². The van der Waals surface area contributed by atoms with Crippen LogP contribution in [0.2, 0.25) is 0 Å². The topological polar surface area (TPSA) is 26.3 Å². The average molecular weight is 238 g/mol. The largest absolute Gasteiger partial charge is 0.369 e. The van der Waals surface area contributed by atoms with Gasteiger partial charge in [0.05, 0.1) is 11.2 Å². The summed E-state index contributed by atoms with van der Waals surface area (Å²) in [6.07, 6.45) is 6.41. The van der Waals surface area contributed by atoms with Gasteiger partial charge in [0.1, 0.15) is 5.78 Å². The van der Waals surface area contributed by atoms with E-state index in [1.807, 2.05) is 0 Å². The molecule has 2 atom stereocenters. The van der Waals surface area contributed by atoms with Crippen molar-refractivity contribution in [2.24, 2.45) is 11.8 Å². The maximum atomic E-state index is 12.2. The summed E-state index contributed by atoms with van der Waals surface area (Å²) >= 11 is 0. The van der Waals surface area contributed by atoms with Crippen molar-refractivity contribution in [3.05, 3.63) is 0 Å². The van der Waals surface area contributed by atoms with Gasteiger partial charge in [0.2, 0.25) is 0 Å². The van der Waals surface area contributed by atoms with Crippen molar-refractivity contribution in [2.45, 2.75) is 77.4 Å². The van der Waals surface area contributed by atoms with Crippen LogP contribution in [0.15, 0.2) is 0 Å². The summed E-state index contributed by atoms with van der Waals surface area (Å²) in [5, 5.41) is 0. The van der Waals surface area contributed by atoms with Gasteiger partial charge in [-0.1, -0.05) is 12.8 Å². The highest BCUT2D eigenvalue weighted by molar-refractivity contribution is 5.81. The number of ether oxygens (including phenoxy) is 1. The Morgan fingerprint density at radius 3 is 2.41 bits per heavy atom. The zero-order valence-electron chi connectivity index (χ0n) is 11.7. The fourth-order valence-electron chi connectivity index (χ4n) is 3.84. The molecule has 17 heavy (non-hydrogen) atoms. The number of carbonyl (C=O) groups is 1. The van der Waals surface area contributed by atoms with Crippen LogP contribution in [0.25, 0.3) is 0 Å². The SMILES string of the molecule is CC1(C)CC(C2CCCCCC2=O)C(C)(C)O1. The van der Waals surface area contributed by atoms with E-state index in [4.69, 9.17) is 4.74 Å². The quantitative estimate of drug-likeness (QED) is 0.651. The fourth-order valence-corrected chi connectivity index (χ4v) is 3.84. The Morgan fingerprint density at radius 1 is 1.12 bits per heavy atom. The lowest BCUT2D eigenvalue weighted by Gasteiger charge is -2.31. The lowest BCUT2D eigenvalue weighted by Crippen LogP contribution is -2.36. The van der Waals surface area contributed by atoms with E-state index in [1.54, 1.807) is 0 Å². The number of rotatable bonds is 1. The minimum atomic E-state index is -0.145. The van der Waals surface area contributed by atoms with Crippen molar-refractivity contribution in [1.29, 1.82) is 0 Å². The first-order valence-electron chi connectivity index (χ1n) is 7.05. The van der Waals surface area contributed by atoms with Gasteiger partial charge in [-0.2, -0.15) is 0 Å². The molecule has 0 aromatic rings. The Hall–Kier alpha value is -0.370. The molecule has 2 heteroatoms. The molecule has 2 aliphatic rings. The number of hydrogen-bond donors (Lipinski definition) is 0. The normalized spacial score (nSPS) is 36.8. The van der Waals surface area contributed by atoms with E-state index >= 15 is 0 Å². The zero-order chi connectivity index (χ0) is 12.7. The first kappa shape index (κ1) is 13.1. The lowest BCUT2D eigenvalue weighted by molar-refractivity contribution is -0.128. The monoisotopic (exact) mass is 238 g/mol. The molecule has 0 spiro atoms. The Kier molecular flexibility index (Phi) is 3.37. The van der Waals surface area contributed by atoms with Crippen LogP contribution in [0.3, 0.4) is 0 Å². The Bertz CT molecular complexity index is 304. The van der Waals surface area contributed by atoms with E-state index in [9.17, 15) is 4.79 Å². The smallest absolute Gasteiger partial charge is 0.136 e. The highest BCUT2D eigenvalue weighted by atomic mass is 16.5. The minimum absolute atomic E-state index is 0.0687. The highest BCUT2D eigenvalue weighted by Gasteiger charge is 2.50. The number of carbonyl (C=O) groups excluding carboxylic acids is 1. The molecular formula is C15H26O2. The second kappa shape index (κ2) is 4.38. The molecule has 0 amide bonds. The molecular weight excluding hydrogens is 212 g/mol. The maximum Gasteiger partial charge on any atom is 0.136 e. The molecule has 1 saturated heterocycles. The zero-order valence-corrected chi connectivity index (χ0v) is 11.7. The molecule has 0 bridgehead atoms. The second-order valence-corrected chi connectivity index (χ2v) is 6.95. The van der Waals surface area contributed by atoms with E-state index in [1.165, 1.54) is 12.8 Å². The van der Waals surface area contributed by atoms with E-state index in [0.717, 1.165) is 25.7 Å². The van der Waals surface area contributed by atoms with Gasteiger partial charge in [-0.05, 0) is 52.9 Å². The Balaban J connectivity index is 2.17. The fraction of sp³-hybridized carbons (Fsp3) is 0.933. The van der Waals surface area contributed by atoms with E-state index in [2.05, 4.69) is 27.7 Å². The summed E-state index contributed by atoms with van der Waals surface area (Å²) in [4.78, 5) is 12.2. The van der Waals surface area contributed by atoms with Crippen LogP contribution in [-0.2, 0) is 9.53 Å². The van der Waals surface area contributed by atoms with Gasteiger partial charge in [0, 0.05) is 12.3 Å². The van der Waals surface area contributed by atoms with E-state index < -0.39 is 0 Å². The molecule has 2 nitrogen and oxygen atoms in total. The van der Waals surface area contributed by atoms with Crippen LogP contribution in [0.4, 0.5) is 0 Å². The number of Topliss-reactive ketones (excluding diaryl/α,β-unsaturated/α-hetero) is 1. The van der Waals surface area contributed by atoms with Crippen LogP contribution in [0, 0.1) is 11.8 Å². The third-order valence-corrected chi connectivity index (χ3v) is 4.48. The van der Waals surface area contributed by atoms with Gasteiger partial charge in [-0.25, -0.2) is 0 Å². The summed E-state index contributed by atoms with van der Waals surface area (Å²) in [5.41, 5.74) is -0.213. The maximum absolute atomic E-state index is 12.2. The predicted octanol–water partition coefficient (Wildman–Crippen LogP) is 3.73. The molecule has 0 N–H and O–H groups in total. The van der Waals surface area contributed by atoms with Gasteiger partial charge in [-0.15, -0.1) is 0 Å². The molecule has 1 aliphatic heterocycles. The summed E-state index contributed by atoms with van der Waals surface area (Å²) < 4.78 is 6.14. The molecule has 1 heterocycles. The molecule has 2 unspecified atom stereocenters. The molecule has 0 radical (unpaired) electrons. The Labute approximate surface area is 105 Å². The van der Waals surface area contributed by atoms with Gasteiger partial charge >= 0.3 is 0 Å². The predicted molar refractivity (Wildman–Crippen MR) is 68.9 cm³/mol. The van der Waals surface area contributed by atoms with Crippen LogP contribution < -0.4 is 0 Å². The van der Waals surface area contributed by atoms with Crippen molar-refractivity contribution < 1.29 is 9.53 Å². The standard InChI is InChI=1S/C15H26O2/c1-14(2)10-12(15(3,4)17-14)11-8-6-5-7-9-13(11)16/h11-12H,5-10H2,1-4H3. The highest BCUT2D eigenvalue weighted by Crippen LogP contribution is 2.47. The minimum Gasteiger partial charge on any atom is -0.369 e. The van der Waals surface area contributed by atoms with Crippen molar-refractivity contribution in [3.8, 4) is 0 Å². The number of hydrogen-bond acceptors (Lipinski definition) is 2. The summed E-state index contributed by atoms with van der Waals surface area (Å²) in [6.45, 7) is 8.61. The van der Waals surface area contributed by atoms with Gasteiger partial charge < -0.3 is 4.74 Å². The third-order valence-electron chi connectivity index (χ3n) is 4.48. The molecule has 1 saturated carbocycles.